The smallest absolute Gasteiger partial charge is 0.269 e. The van der Waals surface area contributed by atoms with Crippen LogP contribution in [0.5, 0.6) is 0 Å². The van der Waals surface area contributed by atoms with Gasteiger partial charge in [-0.25, -0.2) is 8.42 Å². The molecule has 1 aliphatic heterocycles. The molecule has 1 fully saturated rings. The Morgan fingerprint density at radius 2 is 1.94 bits per heavy atom. The lowest BCUT2D eigenvalue weighted by atomic mass is 10.3. The molecule has 1 aromatic rings. The first-order valence-electron chi connectivity index (χ1n) is 4.58. The summed E-state index contributed by atoms with van der Waals surface area (Å²) < 4.78 is 28.3. The molecule has 1 aromatic carbocycles. The number of nitro groups is 1. The van der Waals surface area contributed by atoms with Gasteiger partial charge in [-0.1, -0.05) is 0 Å². The van der Waals surface area contributed by atoms with Crippen molar-refractivity contribution in [2.75, 3.05) is 12.4 Å². The van der Waals surface area contributed by atoms with E-state index in [0.29, 0.717) is 6.61 Å². The Hall–Kier alpha value is -1.47. The normalized spacial score (nSPS) is 19.4. The van der Waals surface area contributed by atoms with Gasteiger partial charge in [-0.2, -0.15) is 0 Å². The van der Waals surface area contributed by atoms with Crippen LogP contribution in [-0.4, -0.2) is 31.8 Å². The Balaban J connectivity index is 2.23. The van der Waals surface area contributed by atoms with Gasteiger partial charge in [-0.05, 0) is 12.1 Å². The van der Waals surface area contributed by atoms with Crippen molar-refractivity contribution in [2.24, 2.45) is 0 Å². The topological polar surface area (TPSA) is 89.8 Å². The number of ether oxygens (including phenoxy) is 1. The zero-order chi connectivity index (χ0) is 11.8. The number of benzene rings is 1. The Kier molecular flexibility index (Phi) is 2.64. The van der Waals surface area contributed by atoms with Gasteiger partial charge in [0.2, 0.25) is 0 Å². The molecule has 0 N–H and O–H groups in total. The van der Waals surface area contributed by atoms with Crippen molar-refractivity contribution in [3.63, 3.8) is 0 Å². The van der Waals surface area contributed by atoms with Gasteiger partial charge in [0.25, 0.3) is 5.69 Å². The molecular weight excluding hydrogens is 234 g/mol. The van der Waals surface area contributed by atoms with Crippen molar-refractivity contribution in [1.29, 1.82) is 0 Å². The first-order chi connectivity index (χ1) is 7.49. The van der Waals surface area contributed by atoms with Crippen LogP contribution in [0.2, 0.25) is 0 Å². The second kappa shape index (κ2) is 3.84. The van der Waals surface area contributed by atoms with E-state index in [2.05, 4.69) is 0 Å². The van der Waals surface area contributed by atoms with Crippen molar-refractivity contribution in [3.05, 3.63) is 34.4 Å². The van der Waals surface area contributed by atoms with E-state index in [1.165, 1.54) is 24.3 Å². The van der Waals surface area contributed by atoms with Crippen LogP contribution in [0.15, 0.2) is 29.2 Å². The fourth-order valence-corrected chi connectivity index (χ4v) is 2.71. The molecule has 0 spiro atoms. The zero-order valence-electron chi connectivity index (χ0n) is 8.20. The number of rotatable bonds is 4. The zero-order valence-corrected chi connectivity index (χ0v) is 9.01. The average Bonchev–Trinajstić information content (AvgIpc) is 3.01. The second-order valence-electron chi connectivity index (χ2n) is 3.49. The second-order valence-corrected chi connectivity index (χ2v) is 5.52. The molecule has 1 heterocycles. The van der Waals surface area contributed by atoms with Crippen molar-refractivity contribution in [2.45, 2.75) is 11.0 Å². The van der Waals surface area contributed by atoms with Crippen LogP contribution in [0.4, 0.5) is 5.69 Å². The highest BCUT2D eigenvalue weighted by Crippen LogP contribution is 2.20. The number of epoxide rings is 1. The van der Waals surface area contributed by atoms with Crippen molar-refractivity contribution >= 4 is 15.5 Å². The van der Waals surface area contributed by atoms with Gasteiger partial charge in [-0.3, -0.25) is 10.1 Å². The summed E-state index contributed by atoms with van der Waals surface area (Å²) in [5.74, 6) is -0.0647. The number of nitro benzene ring substituents is 1. The summed E-state index contributed by atoms with van der Waals surface area (Å²) in [4.78, 5) is 9.91. The van der Waals surface area contributed by atoms with Crippen molar-refractivity contribution < 1.29 is 18.1 Å². The van der Waals surface area contributed by atoms with Gasteiger partial charge in [0.15, 0.2) is 9.84 Å². The van der Waals surface area contributed by atoms with Crippen LogP contribution in [0.25, 0.3) is 0 Å². The van der Waals surface area contributed by atoms with Gasteiger partial charge in [0, 0.05) is 12.1 Å². The molecule has 0 bridgehead atoms. The fraction of sp³-hybridized carbons (Fsp3) is 0.333. The predicted molar refractivity (Wildman–Crippen MR) is 54.9 cm³/mol. The SMILES string of the molecule is O=[N+]([O-])c1ccc(S(=O)(=O)CC2CO2)cc1. The Labute approximate surface area is 91.9 Å². The van der Waals surface area contributed by atoms with Gasteiger partial charge in [0.05, 0.1) is 28.3 Å². The van der Waals surface area contributed by atoms with Crippen LogP contribution in [0.3, 0.4) is 0 Å². The molecule has 2 rings (SSSR count). The molecule has 1 aliphatic rings. The minimum Gasteiger partial charge on any atom is -0.372 e. The third-order valence-corrected chi connectivity index (χ3v) is 4.02. The highest BCUT2D eigenvalue weighted by Gasteiger charge is 2.30. The van der Waals surface area contributed by atoms with E-state index in [-0.39, 0.29) is 22.4 Å². The van der Waals surface area contributed by atoms with E-state index in [0.717, 1.165) is 0 Å². The summed E-state index contributed by atoms with van der Waals surface area (Å²) >= 11 is 0. The number of hydrogen-bond donors (Lipinski definition) is 0. The summed E-state index contributed by atoms with van der Waals surface area (Å²) in [6, 6.07) is 4.85. The molecule has 1 atom stereocenters. The minimum atomic E-state index is -3.39. The average molecular weight is 243 g/mol. The molecule has 0 amide bonds. The largest absolute Gasteiger partial charge is 0.372 e. The Morgan fingerprint density at radius 1 is 1.38 bits per heavy atom. The first kappa shape index (κ1) is 11.0. The number of non-ortho nitro benzene ring substituents is 1. The van der Waals surface area contributed by atoms with E-state index in [1.54, 1.807) is 0 Å². The van der Waals surface area contributed by atoms with E-state index < -0.39 is 14.8 Å². The maximum absolute atomic E-state index is 11.7. The Bertz CT molecular complexity index is 503. The summed E-state index contributed by atoms with van der Waals surface area (Å²) in [5, 5.41) is 10.4. The summed E-state index contributed by atoms with van der Waals surface area (Å²) in [7, 11) is -3.39. The molecule has 0 radical (unpaired) electrons. The highest BCUT2D eigenvalue weighted by atomic mass is 32.2. The van der Waals surface area contributed by atoms with E-state index in [1.807, 2.05) is 0 Å². The number of sulfone groups is 1. The van der Waals surface area contributed by atoms with Crippen LogP contribution in [0, 0.1) is 10.1 Å². The summed E-state index contributed by atoms with van der Waals surface area (Å²) in [6.45, 7) is 0.464. The predicted octanol–water partition coefficient (Wildman–Crippen LogP) is 0.767. The van der Waals surface area contributed by atoms with E-state index in [4.69, 9.17) is 4.74 Å². The quantitative estimate of drug-likeness (QED) is 0.442. The van der Waals surface area contributed by atoms with Crippen molar-refractivity contribution in [3.8, 4) is 0 Å². The fourth-order valence-electron chi connectivity index (χ4n) is 1.28. The molecule has 1 unspecified atom stereocenters. The van der Waals surface area contributed by atoms with E-state index in [9.17, 15) is 18.5 Å². The number of nitrogens with zero attached hydrogens (tertiary/aromatic N) is 1. The lowest BCUT2D eigenvalue weighted by Crippen LogP contribution is -2.11. The van der Waals surface area contributed by atoms with Crippen molar-refractivity contribution in [1.82, 2.24) is 0 Å². The van der Waals surface area contributed by atoms with Gasteiger partial charge < -0.3 is 4.74 Å². The Morgan fingerprint density at radius 3 is 2.38 bits per heavy atom. The minimum absolute atomic E-state index is 0.0647. The van der Waals surface area contributed by atoms with E-state index >= 15 is 0 Å². The lowest BCUT2D eigenvalue weighted by Gasteiger charge is -2.01. The molecule has 0 aliphatic carbocycles. The first-order valence-corrected chi connectivity index (χ1v) is 6.23. The number of hydrogen-bond acceptors (Lipinski definition) is 5. The van der Waals surface area contributed by atoms with Gasteiger partial charge in [-0.15, -0.1) is 0 Å². The molecule has 7 heteroatoms. The standard InChI is InChI=1S/C9H9NO5S/c11-10(12)7-1-3-9(4-2-7)16(13,14)6-8-5-15-8/h1-4,8H,5-6H2. The summed E-state index contributed by atoms with van der Waals surface area (Å²) in [6.07, 6.45) is -0.222. The third-order valence-electron chi connectivity index (χ3n) is 2.21. The van der Waals surface area contributed by atoms with Crippen LogP contribution in [-0.2, 0) is 14.6 Å². The van der Waals surface area contributed by atoms with Crippen LogP contribution >= 0.6 is 0 Å². The molecule has 6 nitrogen and oxygen atoms in total. The van der Waals surface area contributed by atoms with Gasteiger partial charge in [0.1, 0.15) is 0 Å². The molecule has 16 heavy (non-hydrogen) atoms. The van der Waals surface area contributed by atoms with Crippen LogP contribution < -0.4 is 0 Å². The highest BCUT2D eigenvalue weighted by molar-refractivity contribution is 7.91. The molecule has 0 saturated carbocycles. The maximum atomic E-state index is 11.7. The molecule has 86 valence electrons. The molecule has 0 aromatic heterocycles. The molecule has 1 saturated heterocycles. The molecular formula is C9H9NO5S. The lowest BCUT2D eigenvalue weighted by molar-refractivity contribution is -0.384. The maximum Gasteiger partial charge on any atom is 0.269 e. The van der Waals surface area contributed by atoms with Crippen LogP contribution in [0.1, 0.15) is 0 Å². The summed E-state index contributed by atoms with van der Waals surface area (Å²) in [5.41, 5.74) is -0.123. The third kappa shape index (κ3) is 2.37. The van der Waals surface area contributed by atoms with Gasteiger partial charge >= 0.3 is 0 Å². The monoisotopic (exact) mass is 243 g/mol.